The molecule has 3 amide bonds. The average molecular weight is 394 g/mol. The third-order valence-electron chi connectivity index (χ3n) is 4.38. The molecule has 0 radical (unpaired) electrons. The Hall–Kier alpha value is -1.73. The van der Waals surface area contributed by atoms with Gasteiger partial charge in [0.1, 0.15) is 0 Å². The lowest BCUT2D eigenvalue weighted by Crippen LogP contribution is -2.45. The molecular weight excluding hydrogens is 374 g/mol. The molecule has 24 heavy (non-hydrogen) atoms. The Morgan fingerprint density at radius 2 is 2.08 bits per heavy atom. The van der Waals surface area contributed by atoms with Crippen molar-refractivity contribution in [3.8, 4) is 0 Å². The van der Waals surface area contributed by atoms with Crippen molar-refractivity contribution in [2.75, 3.05) is 19.6 Å². The lowest BCUT2D eigenvalue weighted by Gasteiger charge is -2.24. The molecule has 1 saturated heterocycles. The summed E-state index contributed by atoms with van der Waals surface area (Å²) in [6, 6.07) is 5.25. The normalized spacial score (nSPS) is 20.2. The van der Waals surface area contributed by atoms with Crippen LogP contribution in [0.25, 0.3) is 0 Å². The van der Waals surface area contributed by atoms with Gasteiger partial charge in [-0.05, 0) is 44.0 Å². The van der Waals surface area contributed by atoms with E-state index >= 15 is 0 Å². The lowest BCUT2D eigenvalue weighted by molar-refractivity contribution is -0.122. The molecule has 0 aromatic heterocycles. The zero-order valence-corrected chi connectivity index (χ0v) is 14.9. The van der Waals surface area contributed by atoms with Crippen LogP contribution in [0.2, 0.25) is 0 Å². The van der Waals surface area contributed by atoms with Crippen LogP contribution in [0.1, 0.15) is 46.4 Å². The van der Waals surface area contributed by atoms with E-state index in [1.165, 1.54) is 4.90 Å². The zero-order chi connectivity index (χ0) is 17.1. The molecule has 0 saturated carbocycles. The zero-order valence-electron chi connectivity index (χ0n) is 13.3. The summed E-state index contributed by atoms with van der Waals surface area (Å²) in [7, 11) is 0. The van der Waals surface area contributed by atoms with Crippen LogP contribution >= 0.6 is 15.9 Å². The highest BCUT2D eigenvalue weighted by Gasteiger charge is 2.35. The summed E-state index contributed by atoms with van der Waals surface area (Å²) in [5, 5.41) is 6.25. The molecule has 128 valence electrons. The van der Waals surface area contributed by atoms with Crippen molar-refractivity contribution in [2.45, 2.75) is 31.7 Å². The Morgan fingerprint density at radius 1 is 1.29 bits per heavy atom. The van der Waals surface area contributed by atoms with Gasteiger partial charge >= 0.3 is 0 Å². The topological polar surface area (TPSA) is 78.5 Å². The van der Waals surface area contributed by atoms with Gasteiger partial charge in [0.05, 0.1) is 11.1 Å². The summed E-state index contributed by atoms with van der Waals surface area (Å²) in [5.41, 5.74) is 0.855. The Labute approximate surface area is 149 Å². The van der Waals surface area contributed by atoms with Crippen molar-refractivity contribution in [2.24, 2.45) is 0 Å². The molecule has 0 aliphatic carbocycles. The third kappa shape index (κ3) is 3.67. The number of halogens is 1. The largest absolute Gasteiger partial charge is 0.352 e. The smallest absolute Gasteiger partial charge is 0.261 e. The molecule has 1 atom stereocenters. The molecule has 2 aliphatic heterocycles. The Morgan fingerprint density at radius 3 is 2.83 bits per heavy atom. The van der Waals surface area contributed by atoms with Crippen LogP contribution in [0.3, 0.4) is 0 Å². The van der Waals surface area contributed by atoms with E-state index < -0.39 is 0 Å². The van der Waals surface area contributed by atoms with Crippen molar-refractivity contribution in [1.82, 2.24) is 15.5 Å². The van der Waals surface area contributed by atoms with Gasteiger partial charge in [-0.3, -0.25) is 19.3 Å². The number of fused-ring (bicyclic) bond motifs is 1. The summed E-state index contributed by atoms with van der Waals surface area (Å²) in [6.07, 6.45) is 2.84. The maximum atomic E-state index is 12.3. The highest BCUT2D eigenvalue weighted by atomic mass is 79.9. The van der Waals surface area contributed by atoms with Crippen molar-refractivity contribution >= 4 is 33.7 Å². The van der Waals surface area contributed by atoms with Gasteiger partial charge in [0, 0.05) is 30.0 Å². The fourth-order valence-electron chi connectivity index (χ4n) is 3.14. The molecule has 0 spiro atoms. The first-order valence-corrected chi connectivity index (χ1v) is 9.01. The highest BCUT2D eigenvalue weighted by molar-refractivity contribution is 9.10. The second-order valence-electron chi connectivity index (χ2n) is 6.17. The number of hydrogen-bond acceptors (Lipinski definition) is 4. The minimum atomic E-state index is -0.284. The van der Waals surface area contributed by atoms with Gasteiger partial charge in [0.25, 0.3) is 11.8 Å². The minimum Gasteiger partial charge on any atom is -0.352 e. The summed E-state index contributed by atoms with van der Waals surface area (Å²) in [6.45, 7) is 2.07. The Bertz CT molecular complexity index is 671. The number of rotatable bonds is 5. The Balaban J connectivity index is 1.49. The van der Waals surface area contributed by atoms with E-state index in [0.29, 0.717) is 24.0 Å². The summed E-state index contributed by atoms with van der Waals surface area (Å²) in [5.74, 6) is -0.587. The molecule has 3 rings (SSSR count). The molecular formula is C17H20BrN3O3. The van der Waals surface area contributed by atoms with E-state index in [1.54, 1.807) is 18.2 Å². The van der Waals surface area contributed by atoms with Crippen LogP contribution in [-0.4, -0.2) is 48.3 Å². The van der Waals surface area contributed by atoms with Gasteiger partial charge < -0.3 is 10.6 Å². The molecule has 2 N–H and O–H groups in total. The number of carbonyl (C=O) groups excluding carboxylic acids is 3. The SMILES string of the molecule is O=C(CCCN1C(=O)c2ccc(Br)cc2C1=O)NC1CCCNC1. The standard InChI is InChI=1S/C17H20BrN3O3/c18-11-5-6-13-14(9-11)17(24)21(16(13)23)8-2-4-15(22)20-12-3-1-7-19-10-12/h5-6,9,12,19H,1-4,7-8,10H2,(H,20,22). The monoisotopic (exact) mass is 393 g/mol. The molecule has 6 nitrogen and oxygen atoms in total. The molecule has 0 bridgehead atoms. The van der Waals surface area contributed by atoms with Gasteiger partial charge in [-0.25, -0.2) is 0 Å². The molecule has 1 unspecified atom stereocenters. The van der Waals surface area contributed by atoms with Crippen molar-refractivity contribution in [1.29, 1.82) is 0 Å². The number of imide groups is 1. The number of hydrogen-bond donors (Lipinski definition) is 2. The van der Waals surface area contributed by atoms with Crippen LogP contribution in [0.15, 0.2) is 22.7 Å². The fourth-order valence-corrected chi connectivity index (χ4v) is 3.50. The first-order chi connectivity index (χ1) is 11.6. The lowest BCUT2D eigenvalue weighted by atomic mass is 10.1. The summed E-state index contributed by atoms with van der Waals surface area (Å²) < 4.78 is 0.768. The van der Waals surface area contributed by atoms with E-state index in [4.69, 9.17) is 0 Å². The maximum Gasteiger partial charge on any atom is 0.261 e. The maximum absolute atomic E-state index is 12.3. The van der Waals surface area contributed by atoms with E-state index in [0.717, 1.165) is 30.4 Å². The highest BCUT2D eigenvalue weighted by Crippen LogP contribution is 2.26. The van der Waals surface area contributed by atoms with Gasteiger partial charge in [-0.1, -0.05) is 15.9 Å². The number of nitrogens with zero attached hydrogens (tertiary/aromatic N) is 1. The predicted octanol–water partition coefficient (Wildman–Crippen LogP) is 1.69. The first-order valence-electron chi connectivity index (χ1n) is 8.22. The fraction of sp³-hybridized carbons (Fsp3) is 0.471. The van der Waals surface area contributed by atoms with E-state index in [2.05, 4.69) is 26.6 Å². The average Bonchev–Trinajstić information content (AvgIpc) is 2.80. The number of carbonyl (C=O) groups is 3. The van der Waals surface area contributed by atoms with Crippen LogP contribution in [0, 0.1) is 0 Å². The van der Waals surface area contributed by atoms with Crippen LogP contribution in [0.5, 0.6) is 0 Å². The van der Waals surface area contributed by atoms with E-state index in [9.17, 15) is 14.4 Å². The van der Waals surface area contributed by atoms with E-state index in [1.807, 2.05) is 0 Å². The summed E-state index contributed by atoms with van der Waals surface area (Å²) in [4.78, 5) is 37.8. The molecule has 2 heterocycles. The quantitative estimate of drug-likeness (QED) is 0.746. The van der Waals surface area contributed by atoms with Gasteiger partial charge in [-0.2, -0.15) is 0 Å². The molecule has 7 heteroatoms. The number of amides is 3. The van der Waals surface area contributed by atoms with Gasteiger partial charge in [-0.15, -0.1) is 0 Å². The first kappa shape index (κ1) is 17.1. The number of piperidine rings is 1. The van der Waals surface area contributed by atoms with Gasteiger partial charge in [0.15, 0.2) is 0 Å². The second kappa shape index (κ2) is 7.44. The number of benzene rings is 1. The Kier molecular flexibility index (Phi) is 5.30. The molecule has 2 aliphatic rings. The number of nitrogens with one attached hydrogen (secondary N) is 2. The second-order valence-corrected chi connectivity index (χ2v) is 7.08. The van der Waals surface area contributed by atoms with Crippen molar-refractivity contribution in [3.05, 3.63) is 33.8 Å². The van der Waals surface area contributed by atoms with Crippen LogP contribution in [0.4, 0.5) is 0 Å². The van der Waals surface area contributed by atoms with E-state index in [-0.39, 0.29) is 30.3 Å². The summed E-state index contributed by atoms with van der Waals surface area (Å²) >= 11 is 3.31. The molecule has 1 fully saturated rings. The minimum absolute atomic E-state index is 0.0250. The van der Waals surface area contributed by atoms with Crippen molar-refractivity contribution in [3.63, 3.8) is 0 Å². The molecule has 1 aromatic rings. The third-order valence-corrected chi connectivity index (χ3v) is 4.87. The molecule has 1 aromatic carbocycles. The van der Waals surface area contributed by atoms with Crippen LogP contribution in [-0.2, 0) is 4.79 Å². The van der Waals surface area contributed by atoms with Crippen LogP contribution < -0.4 is 10.6 Å². The predicted molar refractivity (Wildman–Crippen MR) is 92.8 cm³/mol. The van der Waals surface area contributed by atoms with Gasteiger partial charge in [0.2, 0.25) is 5.91 Å². The van der Waals surface area contributed by atoms with Crippen molar-refractivity contribution < 1.29 is 14.4 Å².